The van der Waals surface area contributed by atoms with Crippen LogP contribution in [0.1, 0.15) is 69.5 Å². The molecule has 0 amide bonds. The van der Waals surface area contributed by atoms with Gasteiger partial charge in [0.1, 0.15) is 5.75 Å². The summed E-state index contributed by atoms with van der Waals surface area (Å²) in [6.45, 7) is 5.54. The van der Waals surface area contributed by atoms with Gasteiger partial charge in [0.15, 0.2) is 0 Å². The Balaban J connectivity index is 1.60. The van der Waals surface area contributed by atoms with Gasteiger partial charge in [-0.1, -0.05) is 26.3 Å². The van der Waals surface area contributed by atoms with Crippen LogP contribution in [0.25, 0.3) is 0 Å². The van der Waals surface area contributed by atoms with Gasteiger partial charge in [0, 0.05) is 6.04 Å². The second-order valence-electron chi connectivity index (χ2n) is 6.68. The highest BCUT2D eigenvalue weighted by molar-refractivity contribution is 5.40. The summed E-state index contributed by atoms with van der Waals surface area (Å²) in [4.78, 5) is 0. The van der Waals surface area contributed by atoms with Crippen molar-refractivity contribution in [2.75, 3.05) is 6.54 Å². The van der Waals surface area contributed by atoms with E-state index < -0.39 is 0 Å². The number of benzene rings is 1. The van der Waals surface area contributed by atoms with Crippen LogP contribution in [0.3, 0.4) is 0 Å². The molecule has 2 nitrogen and oxygen atoms in total. The summed E-state index contributed by atoms with van der Waals surface area (Å²) in [5.41, 5.74) is 2.97. The van der Waals surface area contributed by atoms with Gasteiger partial charge in [-0.15, -0.1) is 0 Å². The number of hydrogen-bond acceptors (Lipinski definition) is 2. The second-order valence-corrected chi connectivity index (χ2v) is 6.68. The van der Waals surface area contributed by atoms with Crippen LogP contribution in [-0.4, -0.2) is 12.6 Å². The summed E-state index contributed by atoms with van der Waals surface area (Å²) in [5, 5.41) is 3.57. The first-order valence-electron chi connectivity index (χ1n) is 8.83. The van der Waals surface area contributed by atoms with Crippen LogP contribution < -0.4 is 10.1 Å². The van der Waals surface area contributed by atoms with Crippen molar-refractivity contribution in [3.8, 4) is 5.75 Å². The van der Waals surface area contributed by atoms with Gasteiger partial charge < -0.3 is 10.1 Å². The third-order valence-electron chi connectivity index (χ3n) is 5.32. The highest BCUT2D eigenvalue weighted by Crippen LogP contribution is 2.35. The van der Waals surface area contributed by atoms with E-state index in [0.717, 1.165) is 18.2 Å². The molecular formula is C19H29NO. The van der Waals surface area contributed by atoms with Gasteiger partial charge in [-0.25, -0.2) is 0 Å². The molecule has 2 heteroatoms. The van der Waals surface area contributed by atoms with E-state index in [9.17, 15) is 0 Å². The van der Waals surface area contributed by atoms with Gasteiger partial charge in [-0.3, -0.25) is 0 Å². The Morgan fingerprint density at radius 2 is 1.90 bits per heavy atom. The van der Waals surface area contributed by atoms with E-state index in [2.05, 4.69) is 37.4 Å². The molecule has 2 aliphatic carbocycles. The van der Waals surface area contributed by atoms with Crippen molar-refractivity contribution in [1.82, 2.24) is 5.32 Å². The summed E-state index contributed by atoms with van der Waals surface area (Å²) >= 11 is 0. The summed E-state index contributed by atoms with van der Waals surface area (Å²) in [5.74, 6) is 2.02. The SMILES string of the molecule is CCNC1CCc2cc(OC3CCC(CC)CC3)ccc21. The molecule has 1 saturated carbocycles. The molecule has 0 bridgehead atoms. The van der Waals surface area contributed by atoms with E-state index in [0.29, 0.717) is 12.1 Å². The zero-order chi connectivity index (χ0) is 14.7. The first-order valence-corrected chi connectivity index (χ1v) is 8.83. The topological polar surface area (TPSA) is 21.3 Å². The molecule has 0 radical (unpaired) electrons. The third-order valence-corrected chi connectivity index (χ3v) is 5.32. The van der Waals surface area contributed by atoms with E-state index in [-0.39, 0.29) is 0 Å². The minimum absolute atomic E-state index is 0.441. The van der Waals surface area contributed by atoms with Crippen molar-refractivity contribution in [3.63, 3.8) is 0 Å². The molecule has 1 aromatic carbocycles. The fourth-order valence-electron chi connectivity index (χ4n) is 3.98. The van der Waals surface area contributed by atoms with E-state index in [1.165, 1.54) is 56.1 Å². The number of aryl methyl sites for hydroxylation is 1. The lowest BCUT2D eigenvalue weighted by Gasteiger charge is -2.28. The summed E-state index contributed by atoms with van der Waals surface area (Å²) in [7, 11) is 0. The molecule has 0 spiro atoms. The van der Waals surface area contributed by atoms with E-state index in [4.69, 9.17) is 4.74 Å². The number of ether oxygens (including phenoxy) is 1. The maximum Gasteiger partial charge on any atom is 0.120 e. The van der Waals surface area contributed by atoms with Gasteiger partial charge in [0.25, 0.3) is 0 Å². The van der Waals surface area contributed by atoms with Crippen LogP contribution in [0.15, 0.2) is 18.2 Å². The maximum absolute atomic E-state index is 6.25. The average Bonchev–Trinajstić information content (AvgIpc) is 2.91. The predicted octanol–water partition coefficient (Wildman–Crippen LogP) is 4.63. The second kappa shape index (κ2) is 6.83. The largest absolute Gasteiger partial charge is 0.490 e. The Hall–Kier alpha value is -1.02. The highest BCUT2D eigenvalue weighted by Gasteiger charge is 2.24. The number of nitrogens with one attached hydrogen (secondary N) is 1. The average molecular weight is 287 g/mol. The van der Waals surface area contributed by atoms with Crippen molar-refractivity contribution in [1.29, 1.82) is 0 Å². The van der Waals surface area contributed by atoms with E-state index in [1.54, 1.807) is 0 Å². The number of fused-ring (bicyclic) bond motifs is 1. The third kappa shape index (κ3) is 3.42. The molecule has 21 heavy (non-hydrogen) atoms. The van der Waals surface area contributed by atoms with Gasteiger partial charge in [-0.2, -0.15) is 0 Å². The van der Waals surface area contributed by atoms with E-state index >= 15 is 0 Å². The van der Waals surface area contributed by atoms with Crippen molar-refractivity contribution in [2.45, 2.75) is 70.9 Å². The first-order chi connectivity index (χ1) is 10.3. The Labute approximate surface area is 129 Å². The predicted molar refractivity (Wildman–Crippen MR) is 87.8 cm³/mol. The minimum atomic E-state index is 0.441. The lowest BCUT2D eigenvalue weighted by molar-refractivity contribution is 0.130. The molecule has 1 aromatic rings. The normalized spacial score (nSPS) is 28.4. The van der Waals surface area contributed by atoms with Crippen molar-refractivity contribution in [2.24, 2.45) is 5.92 Å². The van der Waals surface area contributed by atoms with Gasteiger partial charge in [0.2, 0.25) is 0 Å². The lowest BCUT2D eigenvalue weighted by atomic mass is 9.86. The molecule has 2 aliphatic rings. The quantitative estimate of drug-likeness (QED) is 0.852. The molecular weight excluding hydrogens is 258 g/mol. The number of hydrogen-bond donors (Lipinski definition) is 1. The Morgan fingerprint density at radius 3 is 2.62 bits per heavy atom. The van der Waals surface area contributed by atoms with Crippen LogP contribution in [-0.2, 0) is 6.42 Å². The highest BCUT2D eigenvalue weighted by atomic mass is 16.5. The smallest absolute Gasteiger partial charge is 0.120 e. The molecule has 0 heterocycles. The van der Waals surface area contributed by atoms with Crippen molar-refractivity contribution >= 4 is 0 Å². The summed E-state index contributed by atoms with van der Waals surface area (Å²) in [6.07, 6.45) is 9.34. The molecule has 3 rings (SSSR count). The molecule has 1 unspecified atom stereocenters. The molecule has 0 aromatic heterocycles. The monoisotopic (exact) mass is 287 g/mol. The molecule has 0 aliphatic heterocycles. The van der Waals surface area contributed by atoms with Crippen LogP contribution in [0.5, 0.6) is 5.75 Å². The van der Waals surface area contributed by atoms with E-state index in [1.807, 2.05) is 0 Å². The first kappa shape index (κ1) is 14.9. The Kier molecular flexibility index (Phi) is 4.84. The molecule has 1 fully saturated rings. The minimum Gasteiger partial charge on any atom is -0.490 e. The van der Waals surface area contributed by atoms with Crippen LogP contribution >= 0.6 is 0 Å². The maximum atomic E-state index is 6.25. The fourth-order valence-corrected chi connectivity index (χ4v) is 3.98. The molecule has 116 valence electrons. The van der Waals surface area contributed by atoms with Crippen molar-refractivity contribution in [3.05, 3.63) is 29.3 Å². The lowest BCUT2D eigenvalue weighted by Crippen LogP contribution is -2.24. The molecule has 1 atom stereocenters. The van der Waals surface area contributed by atoms with Crippen molar-refractivity contribution < 1.29 is 4.74 Å². The van der Waals surface area contributed by atoms with Gasteiger partial charge in [-0.05, 0) is 74.2 Å². The Morgan fingerprint density at radius 1 is 1.10 bits per heavy atom. The van der Waals surface area contributed by atoms with Crippen LogP contribution in [0.2, 0.25) is 0 Å². The van der Waals surface area contributed by atoms with Crippen LogP contribution in [0, 0.1) is 5.92 Å². The number of rotatable bonds is 5. The molecule has 0 saturated heterocycles. The Bertz CT molecular complexity index is 463. The standard InChI is InChI=1S/C19H29NO/c1-3-14-5-8-16(9-6-14)21-17-10-11-18-15(13-17)7-12-19(18)20-4-2/h10-11,13-14,16,19-20H,3-9,12H2,1-2H3. The zero-order valence-corrected chi connectivity index (χ0v) is 13.5. The van der Waals surface area contributed by atoms with Crippen LogP contribution in [0.4, 0.5) is 0 Å². The summed E-state index contributed by atoms with van der Waals surface area (Å²) in [6, 6.07) is 7.31. The molecule has 1 N–H and O–H groups in total. The fraction of sp³-hybridized carbons (Fsp3) is 0.684. The van der Waals surface area contributed by atoms with Gasteiger partial charge >= 0.3 is 0 Å². The summed E-state index contributed by atoms with van der Waals surface area (Å²) < 4.78 is 6.25. The van der Waals surface area contributed by atoms with Gasteiger partial charge in [0.05, 0.1) is 6.10 Å². The zero-order valence-electron chi connectivity index (χ0n) is 13.5.